The predicted molar refractivity (Wildman–Crippen MR) is 132 cm³/mol. The highest BCUT2D eigenvalue weighted by Gasteiger charge is 2.72. The first-order valence-corrected chi connectivity index (χ1v) is 13.0. The summed E-state index contributed by atoms with van der Waals surface area (Å²) in [5.74, 6) is -0.334. The summed E-state index contributed by atoms with van der Waals surface area (Å²) in [7, 11) is 0. The van der Waals surface area contributed by atoms with Crippen LogP contribution in [-0.2, 0) is 14.3 Å². The zero-order valence-electron chi connectivity index (χ0n) is 21.5. The molecule has 2 N–H and O–H groups in total. The molecule has 5 rings (SSSR count). The number of carboxylic acid groups (broad SMARTS) is 1. The molecule has 4 fully saturated rings. The summed E-state index contributed by atoms with van der Waals surface area (Å²) < 4.78 is 6.26. The number of hydrogen-bond donors (Lipinski definition) is 2. The highest BCUT2D eigenvalue weighted by atomic mass is 16.5. The fourth-order valence-electron chi connectivity index (χ4n) is 8.73. The molecular formula is C29H40O6. The van der Waals surface area contributed by atoms with Crippen LogP contribution < -0.4 is 0 Å². The van der Waals surface area contributed by atoms with Crippen molar-refractivity contribution in [2.45, 2.75) is 85.2 Å². The van der Waals surface area contributed by atoms with Crippen LogP contribution in [0.25, 0.3) is 0 Å². The molecule has 0 aliphatic heterocycles. The van der Waals surface area contributed by atoms with Crippen LogP contribution in [0.1, 0.15) is 89.4 Å². The summed E-state index contributed by atoms with van der Waals surface area (Å²) in [5, 5.41) is 18.0. The fraction of sp³-hybridized carbons (Fsp3) is 0.690. The van der Waals surface area contributed by atoms with Gasteiger partial charge in [0.25, 0.3) is 5.97 Å². The molecule has 0 amide bonds. The molecule has 2 bridgehead atoms. The van der Waals surface area contributed by atoms with Crippen LogP contribution in [0, 0.1) is 33.5 Å². The Kier molecular flexibility index (Phi) is 6.67. The summed E-state index contributed by atoms with van der Waals surface area (Å²) >= 11 is 0. The smallest absolute Gasteiger partial charge is 0.338 e. The lowest BCUT2D eigenvalue weighted by Gasteiger charge is -2.67. The molecule has 0 saturated heterocycles. The van der Waals surface area contributed by atoms with Crippen molar-refractivity contribution >= 4 is 17.7 Å². The SMILES string of the molecule is CC(=O)O.CC12CCC3(C1)[C@H](CC2=O)C[C@@H](OC(=O)c1ccccc1)C1C(C)(CO)CCC[C@@]13C. The van der Waals surface area contributed by atoms with Gasteiger partial charge in [0.05, 0.1) is 5.56 Å². The van der Waals surface area contributed by atoms with Gasteiger partial charge in [-0.3, -0.25) is 9.59 Å². The van der Waals surface area contributed by atoms with E-state index < -0.39 is 5.97 Å². The Balaban J connectivity index is 0.000000672. The van der Waals surface area contributed by atoms with Gasteiger partial charge in [-0.25, -0.2) is 4.79 Å². The number of hydrogen-bond acceptors (Lipinski definition) is 5. The molecular weight excluding hydrogens is 444 g/mol. The first kappa shape index (κ1) is 25.9. The molecule has 192 valence electrons. The Morgan fingerprint density at radius 1 is 1.06 bits per heavy atom. The van der Waals surface area contributed by atoms with Crippen molar-refractivity contribution in [2.75, 3.05) is 6.61 Å². The molecule has 1 aromatic rings. The van der Waals surface area contributed by atoms with Gasteiger partial charge in [0.15, 0.2) is 0 Å². The Morgan fingerprint density at radius 2 is 1.71 bits per heavy atom. The van der Waals surface area contributed by atoms with E-state index in [2.05, 4.69) is 20.8 Å². The van der Waals surface area contributed by atoms with Crippen molar-refractivity contribution in [3.05, 3.63) is 35.9 Å². The van der Waals surface area contributed by atoms with E-state index in [1.54, 1.807) is 12.1 Å². The van der Waals surface area contributed by atoms with E-state index in [9.17, 15) is 14.7 Å². The number of carboxylic acids is 1. The Hall–Kier alpha value is -2.21. The van der Waals surface area contributed by atoms with Crippen molar-refractivity contribution in [3.8, 4) is 0 Å². The average molecular weight is 485 g/mol. The minimum atomic E-state index is -0.833. The van der Waals surface area contributed by atoms with Crippen LogP contribution in [0.4, 0.5) is 0 Å². The molecule has 0 radical (unpaired) electrons. The number of Topliss-reactive ketones (excluding diaryl/α,β-unsaturated/α-hetero) is 1. The lowest BCUT2D eigenvalue weighted by molar-refractivity contribution is -0.224. The molecule has 4 aliphatic rings. The third kappa shape index (κ3) is 4.12. The van der Waals surface area contributed by atoms with Crippen LogP contribution >= 0.6 is 0 Å². The number of carbonyl (C=O) groups is 3. The Labute approximate surface area is 208 Å². The van der Waals surface area contributed by atoms with Gasteiger partial charge in [-0.2, -0.15) is 0 Å². The number of aliphatic hydroxyl groups is 1. The average Bonchev–Trinajstić information content (AvgIpc) is 3.13. The van der Waals surface area contributed by atoms with Crippen molar-refractivity contribution in [1.82, 2.24) is 0 Å². The number of ketones is 1. The Bertz CT molecular complexity index is 986. The summed E-state index contributed by atoms with van der Waals surface area (Å²) in [6, 6.07) is 9.20. The van der Waals surface area contributed by atoms with Gasteiger partial charge < -0.3 is 14.9 Å². The number of aliphatic carboxylic acids is 1. The maximum atomic E-state index is 13.1. The second kappa shape index (κ2) is 9.02. The van der Waals surface area contributed by atoms with Crippen LogP contribution in [0.5, 0.6) is 0 Å². The molecule has 0 heterocycles. The standard InChI is InChI=1S/C27H36O4.C2H4O2/c1-24-12-13-27(16-24)19(15-21(24)29)14-20(31-23(30)18-8-5-4-6-9-18)22-25(2,17-28)10-7-11-26(22,27)3;1-2(3)4/h4-6,8-9,19-20,22,28H,7,10-17H2,1-3H3;1H3,(H,3,4)/t19-,20+,22?,24?,25?,26-,27?;/m0./s1. The third-order valence-electron chi connectivity index (χ3n) is 10.3. The molecule has 1 spiro atoms. The van der Waals surface area contributed by atoms with E-state index in [4.69, 9.17) is 14.6 Å². The number of fused-ring (bicyclic) bond motifs is 2. The van der Waals surface area contributed by atoms with Gasteiger partial charge >= 0.3 is 5.97 Å². The normalized spacial score (nSPS) is 41.6. The van der Waals surface area contributed by atoms with Crippen molar-refractivity contribution < 1.29 is 29.3 Å². The predicted octanol–water partition coefficient (Wildman–Crippen LogP) is 5.28. The van der Waals surface area contributed by atoms with E-state index in [0.29, 0.717) is 17.8 Å². The monoisotopic (exact) mass is 484 g/mol. The second-order valence-electron chi connectivity index (χ2n) is 12.3. The Morgan fingerprint density at radius 3 is 2.34 bits per heavy atom. The number of carbonyl (C=O) groups excluding carboxylic acids is 2. The van der Waals surface area contributed by atoms with Gasteiger partial charge in [-0.05, 0) is 72.8 Å². The molecule has 4 saturated carbocycles. The topological polar surface area (TPSA) is 101 Å². The fourth-order valence-corrected chi connectivity index (χ4v) is 8.73. The van der Waals surface area contributed by atoms with Gasteiger partial charge in [0, 0.05) is 31.3 Å². The molecule has 35 heavy (non-hydrogen) atoms. The number of esters is 1. The van der Waals surface area contributed by atoms with Gasteiger partial charge in [0.2, 0.25) is 0 Å². The van der Waals surface area contributed by atoms with Crippen LogP contribution in [0.3, 0.4) is 0 Å². The number of rotatable bonds is 3. The number of aliphatic hydroxyl groups excluding tert-OH is 1. The van der Waals surface area contributed by atoms with Gasteiger partial charge in [-0.1, -0.05) is 45.4 Å². The zero-order chi connectivity index (χ0) is 25.6. The summed E-state index contributed by atoms with van der Waals surface area (Å²) in [5.41, 5.74) is 0.192. The third-order valence-corrected chi connectivity index (χ3v) is 10.3. The molecule has 6 nitrogen and oxygen atoms in total. The minimum absolute atomic E-state index is 0.0360. The summed E-state index contributed by atoms with van der Waals surface area (Å²) in [6.45, 7) is 7.97. The van der Waals surface area contributed by atoms with Crippen molar-refractivity contribution in [3.63, 3.8) is 0 Å². The molecule has 4 unspecified atom stereocenters. The molecule has 0 aromatic heterocycles. The van der Waals surface area contributed by atoms with Crippen LogP contribution in [-0.4, -0.2) is 40.6 Å². The molecule has 6 heteroatoms. The second-order valence-corrected chi connectivity index (χ2v) is 12.3. The summed E-state index contributed by atoms with van der Waals surface area (Å²) in [6.07, 6.45) is 7.28. The van der Waals surface area contributed by atoms with E-state index in [1.165, 1.54) is 0 Å². The van der Waals surface area contributed by atoms with Crippen molar-refractivity contribution in [1.29, 1.82) is 0 Å². The molecule has 7 atom stereocenters. The van der Waals surface area contributed by atoms with E-state index in [-0.39, 0.29) is 52.2 Å². The molecule has 4 aliphatic carbocycles. The first-order valence-electron chi connectivity index (χ1n) is 13.0. The minimum Gasteiger partial charge on any atom is -0.481 e. The highest BCUT2D eigenvalue weighted by Crippen LogP contribution is 2.75. The quantitative estimate of drug-likeness (QED) is 0.566. The zero-order valence-corrected chi connectivity index (χ0v) is 21.5. The summed E-state index contributed by atoms with van der Waals surface area (Å²) in [4.78, 5) is 35.1. The largest absolute Gasteiger partial charge is 0.481 e. The number of benzene rings is 1. The van der Waals surface area contributed by atoms with Crippen LogP contribution in [0.15, 0.2) is 30.3 Å². The first-order chi connectivity index (χ1) is 16.4. The van der Waals surface area contributed by atoms with Gasteiger partial charge in [0.1, 0.15) is 11.9 Å². The van der Waals surface area contributed by atoms with Crippen LogP contribution in [0.2, 0.25) is 0 Å². The number of ether oxygens (including phenoxy) is 1. The maximum absolute atomic E-state index is 13.1. The van der Waals surface area contributed by atoms with E-state index in [1.807, 2.05) is 18.2 Å². The van der Waals surface area contributed by atoms with E-state index in [0.717, 1.165) is 51.9 Å². The maximum Gasteiger partial charge on any atom is 0.338 e. The van der Waals surface area contributed by atoms with E-state index >= 15 is 0 Å². The van der Waals surface area contributed by atoms with Crippen molar-refractivity contribution in [2.24, 2.45) is 33.5 Å². The lowest BCUT2D eigenvalue weighted by Crippen LogP contribution is -2.65. The highest BCUT2D eigenvalue weighted by molar-refractivity contribution is 5.89. The van der Waals surface area contributed by atoms with Gasteiger partial charge in [-0.15, -0.1) is 0 Å². The lowest BCUT2D eigenvalue weighted by atomic mass is 9.37. The molecule has 1 aromatic carbocycles.